The first-order valence-electron chi connectivity index (χ1n) is 16.6. The third-order valence-corrected chi connectivity index (χ3v) is 7.84. The second kappa shape index (κ2) is 23.7. The van der Waals surface area contributed by atoms with E-state index in [0.717, 1.165) is 0 Å². The molecule has 0 spiro atoms. The van der Waals surface area contributed by atoms with E-state index >= 15 is 0 Å². The molecule has 2 aliphatic rings. The van der Waals surface area contributed by atoms with E-state index in [9.17, 15) is 39.9 Å². The van der Waals surface area contributed by atoms with Gasteiger partial charge in [0.1, 0.15) is 36.6 Å². The lowest BCUT2D eigenvalue weighted by atomic mass is 9.83. The molecule has 1 aliphatic carbocycles. The number of nitrogens with one attached hydrogen (secondary N) is 9. The molecule has 49 heavy (non-hydrogen) atoms. The minimum Gasteiger partial charge on any atom is -0.394 e. The largest absolute Gasteiger partial charge is 0.394 e. The average molecular weight is 711 g/mol. The number of carbonyl (C=O) groups excluding carboxylic acids is 3. The number of carbonyl (C=O) groups is 3. The molecule has 0 bridgehead atoms. The molecule has 0 aromatic carbocycles. The van der Waals surface area contributed by atoms with Crippen molar-refractivity contribution in [2.24, 2.45) is 17.2 Å². The van der Waals surface area contributed by atoms with Crippen molar-refractivity contribution in [1.82, 2.24) is 47.9 Å². The molecule has 10 unspecified atom stereocenters. The maximum atomic E-state index is 12.8. The van der Waals surface area contributed by atoms with Gasteiger partial charge in [-0.3, -0.25) is 0 Å². The van der Waals surface area contributed by atoms with E-state index in [1.807, 2.05) is 0 Å². The van der Waals surface area contributed by atoms with Crippen LogP contribution in [-0.2, 0) is 9.47 Å². The van der Waals surface area contributed by atoms with Gasteiger partial charge in [-0.2, -0.15) is 0 Å². The van der Waals surface area contributed by atoms with Gasteiger partial charge in [0.15, 0.2) is 6.29 Å². The van der Waals surface area contributed by atoms with Gasteiger partial charge in [-0.15, -0.1) is 0 Å². The zero-order chi connectivity index (χ0) is 36.2. The summed E-state index contributed by atoms with van der Waals surface area (Å²) >= 11 is 0. The molecule has 1 saturated heterocycles. The number of aliphatic hydroxyl groups excluding tert-OH is 5. The van der Waals surface area contributed by atoms with Crippen LogP contribution in [0.5, 0.6) is 0 Å². The van der Waals surface area contributed by atoms with Crippen LogP contribution in [0.2, 0.25) is 0 Å². The van der Waals surface area contributed by atoms with E-state index in [2.05, 4.69) is 47.9 Å². The minimum atomic E-state index is -1.74. The van der Waals surface area contributed by atoms with Gasteiger partial charge in [0.2, 0.25) is 0 Å². The van der Waals surface area contributed by atoms with Crippen LogP contribution in [0.3, 0.4) is 0 Å². The summed E-state index contributed by atoms with van der Waals surface area (Å²) in [6, 6.07) is -5.54. The fraction of sp³-hybridized carbons (Fsp3) is 0.889. The number of ether oxygens (including phenoxy) is 2. The maximum absolute atomic E-state index is 12.8. The van der Waals surface area contributed by atoms with Gasteiger partial charge >= 0.3 is 18.1 Å². The van der Waals surface area contributed by atoms with E-state index in [4.69, 9.17) is 26.7 Å². The molecule has 10 atom stereocenters. The first kappa shape index (κ1) is 42.5. The van der Waals surface area contributed by atoms with Crippen LogP contribution in [0.4, 0.5) is 14.4 Å². The molecule has 1 aliphatic heterocycles. The second-order valence-corrected chi connectivity index (χ2v) is 11.6. The van der Waals surface area contributed by atoms with Gasteiger partial charge in [-0.1, -0.05) is 0 Å². The SMILES string of the molecule is NCCNCCNC(=O)NC1CC(NC(=O)NCCNCCN)C(OC2OC(CO)C(O)C(NC(=O)NCCNCCN)C2O)C(O)C1O. The van der Waals surface area contributed by atoms with Crippen molar-refractivity contribution in [1.29, 1.82) is 0 Å². The molecule has 0 aromatic heterocycles. The van der Waals surface area contributed by atoms with Crippen LogP contribution >= 0.6 is 0 Å². The summed E-state index contributed by atoms with van der Waals surface area (Å²) < 4.78 is 11.6. The molecule has 22 heteroatoms. The summed E-state index contributed by atoms with van der Waals surface area (Å²) in [7, 11) is 0. The van der Waals surface area contributed by atoms with Crippen LogP contribution in [0.1, 0.15) is 6.42 Å². The summed E-state index contributed by atoms with van der Waals surface area (Å²) in [6.07, 6.45) is -11.2. The quantitative estimate of drug-likeness (QED) is 0.0492. The molecular weight excluding hydrogens is 652 g/mol. The Morgan fingerprint density at radius 1 is 0.612 bits per heavy atom. The molecule has 1 heterocycles. The highest BCUT2D eigenvalue weighted by Crippen LogP contribution is 2.29. The molecule has 286 valence electrons. The van der Waals surface area contributed by atoms with Crippen molar-refractivity contribution < 1.29 is 49.4 Å². The van der Waals surface area contributed by atoms with Crippen molar-refractivity contribution in [3.63, 3.8) is 0 Å². The van der Waals surface area contributed by atoms with Crippen LogP contribution in [0.15, 0.2) is 0 Å². The van der Waals surface area contributed by atoms with Crippen molar-refractivity contribution >= 4 is 18.1 Å². The predicted molar refractivity (Wildman–Crippen MR) is 176 cm³/mol. The van der Waals surface area contributed by atoms with Gasteiger partial charge < -0.3 is 100 Å². The van der Waals surface area contributed by atoms with E-state index in [1.54, 1.807) is 0 Å². The standard InChI is InChI=1S/C27H58N12O10/c28-1-4-31-7-10-34-25(45)37-15-13-16(38-26(46)35-11-8-32-5-2-29)23(22(44)19(15)41)49-24-21(43)18(20(42)17(14-40)48-24)39-27(47)36-12-9-33-6-3-30/h15-24,31-33,40-44H,1-14,28-30H2,(H2,34,37,45)(H2,35,38,46)(H2,36,39,47). The Labute approximate surface area is 285 Å². The molecule has 1 saturated carbocycles. The summed E-state index contributed by atoms with van der Waals surface area (Å²) in [5.41, 5.74) is 16.3. The van der Waals surface area contributed by atoms with Gasteiger partial charge in [-0.05, 0) is 6.42 Å². The Balaban J connectivity index is 2.16. The van der Waals surface area contributed by atoms with Gasteiger partial charge in [0.25, 0.3) is 0 Å². The fourth-order valence-corrected chi connectivity index (χ4v) is 5.32. The molecule has 6 amide bonds. The predicted octanol–water partition coefficient (Wildman–Crippen LogP) is -8.42. The molecule has 0 radical (unpaired) electrons. The van der Waals surface area contributed by atoms with E-state index in [-0.39, 0.29) is 26.1 Å². The van der Waals surface area contributed by atoms with Gasteiger partial charge in [0.05, 0.1) is 24.7 Å². The van der Waals surface area contributed by atoms with Gasteiger partial charge in [-0.25, -0.2) is 14.4 Å². The van der Waals surface area contributed by atoms with Crippen LogP contribution in [0.25, 0.3) is 0 Å². The summed E-state index contributed by atoms with van der Waals surface area (Å²) in [6.45, 7) is 4.11. The Bertz CT molecular complexity index is 962. The van der Waals surface area contributed by atoms with E-state index in [1.165, 1.54) is 0 Å². The smallest absolute Gasteiger partial charge is 0.315 e. The Hall–Kier alpha value is -2.71. The summed E-state index contributed by atoms with van der Waals surface area (Å²) in [4.78, 5) is 38.0. The van der Waals surface area contributed by atoms with Crippen molar-refractivity contribution in [3.05, 3.63) is 0 Å². The number of rotatable bonds is 21. The van der Waals surface area contributed by atoms with Crippen LogP contribution in [0, 0.1) is 0 Å². The lowest BCUT2D eigenvalue weighted by molar-refractivity contribution is -0.307. The highest BCUT2D eigenvalue weighted by Gasteiger charge is 2.51. The molecular formula is C27H58N12O10. The van der Waals surface area contributed by atoms with Crippen molar-refractivity contribution in [2.75, 3.05) is 85.1 Å². The average Bonchev–Trinajstić information content (AvgIpc) is 3.07. The topological polar surface area (TPSA) is 357 Å². The van der Waals surface area contributed by atoms with Crippen molar-refractivity contribution in [3.8, 4) is 0 Å². The Kier molecular flexibility index (Phi) is 20.5. The molecule has 2 fully saturated rings. The molecule has 20 N–H and O–H groups in total. The first-order valence-corrected chi connectivity index (χ1v) is 16.6. The molecule has 22 nitrogen and oxygen atoms in total. The first-order chi connectivity index (χ1) is 23.6. The van der Waals surface area contributed by atoms with Crippen molar-refractivity contribution in [2.45, 2.75) is 67.5 Å². The second-order valence-electron chi connectivity index (χ2n) is 11.6. The fourth-order valence-electron chi connectivity index (χ4n) is 5.32. The van der Waals surface area contributed by atoms with Crippen LogP contribution in [-0.4, -0.2) is 190 Å². The number of aliphatic hydroxyl groups is 5. The van der Waals surface area contributed by atoms with Gasteiger partial charge in [0, 0.05) is 78.5 Å². The normalized spacial score (nSPS) is 29.9. The zero-order valence-electron chi connectivity index (χ0n) is 27.7. The van der Waals surface area contributed by atoms with E-state index in [0.29, 0.717) is 58.9 Å². The Morgan fingerprint density at radius 3 is 1.55 bits per heavy atom. The minimum absolute atomic E-state index is 0.127. The van der Waals surface area contributed by atoms with Crippen LogP contribution < -0.4 is 65.1 Å². The monoisotopic (exact) mass is 710 g/mol. The third kappa shape index (κ3) is 14.6. The highest BCUT2D eigenvalue weighted by atomic mass is 16.7. The number of urea groups is 3. The summed E-state index contributed by atoms with van der Waals surface area (Å²) in [5.74, 6) is 0. The third-order valence-electron chi connectivity index (χ3n) is 7.84. The summed E-state index contributed by atoms with van der Waals surface area (Å²) in [5, 5.41) is 78.6. The number of hydrogen-bond donors (Lipinski definition) is 17. The number of amides is 6. The lowest BCUT2D eigenvalue weighted by Gasteiger charge is -2.47. The maximum Gasteiger partial charge on any atom is 0.315 e. The lowest BCUT2D eigenvalue weighted by Crippen LogP contribution is -2.70. The molecule has 0 aromatic rings. The van der Waals surface area contributed by atoms with E-state index < -0.39 is 85.7 Å². The number of hydrogen-bond acceptors (Lipinski definition) is 16. The highest BCUT2D eigenvalue weighted by molar-refractivity contribution is 5.75. The number of nitrogens with two attached hydrogens (primary N) is 3. The zero-order valence-corrected chi connectivity index (χ0v) is 27.7. The molecule has 2 rings (SSSR count). The Morgan fingerprint density at radius 2 is 1.08 bits per heavy atom.